The van der Waals surface area contributed by atoms with Crippen LogP contribution in [0.25, 0.3) is 0 Å². The predicted molar refractivity (Wildman–Crippen MR) is 85.4 cm³/mol. The van der Waals surface area contributed by atoms with Gasteiger partial charge in [-0.05, 0) is 40.2 Å². The topological polar surface area (TPSA) is 59.0 Å². The van der Waals surface area contributed by atoms with E-state index in [2.05, 4.69) is 0 Å². The lowest BCUT2D eigenvalue weighted by molar-refractivity contribution is -0.0789. The fourth-order valence-corrected chi connectivity index (χ4v) is 2.29. The number of aliphatic hydroxyl groups is 1. The minimum atomic E-state index is -0.664. The fraction of sp³-hybridized carbons (Fsp3) is 0.588. The Labute approximate surface area is 132 Å². The van der Waals surface area contributed by atoms with Crippen LogP contribution in [0.3, 0.4) is 0 Å². The summed E-state index contributed by atoms with van der Waals surface area (Å²) >= 11 is 0. The first-order valence-electron chi connectivity index (χ1n) is 7.37. The molecule has 1 N–H and O–H groups in total. The number of hydrogen-bond acceptors (Lipinski definition) is 4. The summed E-state index contributed by atoms with van der Waals surface area (Å²) in [6.45, 7) is 9.88. The lowest BCUT2D eigenvalue weighted by Gasteiger charge is -2.31. The summed E-state index contributed by atoms with van der Waals surface area (Å²) in [5, 5.41) is 7.00. The van der Waals surface area contributed by atoms with E-state index in [-0.39, 0.29) is 12.2 Å². The predicted octanol–water partition coefficient (Wildman–Crippen LogP) is 3.34. The van der Waals surface area contributed by atoms with Crippen LogP contribution < -0.4 is 0 Å². The minimum Gasteiger partial charge on any atom is -0.444 e. The molecule has 0 saturated carbocycles. The molecular weight excluding hydrogens is 282 g/mol. The highest BCUT2D eigenvalue weighted by molar-refractivity contribution is 5.69. The molecule has 5 nitrogen and oxygen atoms in total. The summed E-state index contributed by atoms with van der Waals surface area (Å²) in [6, 6.07) is 9.94. The van der Waals surface area contributed by atoms with E-state index in [0.717, 1.165) is 12.7 Å². The monoisotopic (exact) mass is 309 g/mol. The molecule has 0 aromatic heterocycles. The number of hydrogen-bond donors (Lipinski definition) is 1. The Hall–Kier alpha value is -1.59. The van der Waals surface area contributed by atoms with Crippen LogP contribution in [-0.2, 0) is 9.47 Å². The van der Waals surface area contributed by atoms with Gasteiger partial charge in [0.15, 0.2) is 0 Å². The van der Waals surface area contributed by atoms with Crippen LogP contribution in [-0.4, -0.2) is 41.1 Å². The average Bonchev–Trinajstić information content (AvgIpc) is 2.76. The molecule has 0 bridgehead atoms. The second kappa shape index (κ2) is 7.11. The Morgan fingerprint density at radius 3 is 2.32 bits per heavy atom. The number of amides is 1. The fourth-order valence-electron chi connectivity index (χ4n) is 2.29. The molecule has 1 fully saturated rings. The van der Waals surface area contributed by atoms with E-state index in [1.54, 1.807) is 4.90 Å². The van der Waals surface area contributed by atoms with E-state index in [0.29, 0.717) is 6.54 Å². The molecule has 0 radical (unpaired) electrons. The van der Waals surface area contributed by atoms with Crippen molar-refractivity contribution in [3.8, 4) is 0 Å². The van der Waals surface area contributed by atoms with Crippen LogP contribution in [0.5, 0.6) is 0 Å². The number of rotatable bonds is 1. The highest BCUT2D eigenvalue weighted by Gasteiger charge is 2.44. The second-order valence-electron chi connectivity index (χ2n) is 6.55. The van der Waals surface area contributed by atoms with Crippen LogP contribution in [0.1, 0.15) is 46.3 Å². The van der Waals surface area contributed by atoms with E-state index in [4.69, 9.17) is 14.6 Å². The molecule has 124 valence electrons. The highest BCUT2D eigenvalue weighted by Crippen LogP contribution is 2.36. The van der Waals surface area contributed by atoms with E-state index >= 15 is 0 Å². The summed E-state index contributed by atoms with van der Waals surface area (Å²) < 4.78 is 11.5. The van der Waals surface area contributed by atoms with Crippen LogP contribution >= 0.6 is 0 Å². The van der Waals surface area contributed by atoms with Crippen molar-refractivity contribution < 1.29 is 19.4 Å². The van der Waals surface area contributed by atoms with Crippen LogP contribution in [0.2, 0.25) is 0 Å². The van der Waals surface area contributed by atoms with Crippen LogP contribution in [0.15, 0.2) is 30.3 Å². The summed E-state index contributed by atoms with van der Waals surface area (Å²) in [5.74, 6) is 0. The van der Waals surface area contributed by atoms with Crippen LogP contribution in [0.4, 0.5) is 4.79 Å². The van der Waals surface area contributed by atoms with Crippen molar-refractivity contribution in [1.82, 2.24) is 4.90 Å². The Morgan fingerprint density at radius 1 is 1.27 bits per heavy atom. The smallest absolute Gasteiger partial charge is 0.412 e. The number of carbonyl (C=O) groups is 1. The van der Waals surface area contributed by atoms with Crippen molar-refractivity contribution in [2.24, 2.45) is 0 Å². The standard InChI is InChI=1S/C16H23NO3.CH4O/c1-15(2,3)20-14(18)17-11-13(19-16(17,4)5)12-9-7-6-8-10-12;1-2/h6-10,13H,11H2,1-5H3;2H,1H3. The van der Waals surface area contributed by atoms with Crippen molar-refractivity contribution >= 4 is 6.09 Å². The maximum atomic E-state index is 12.3. The number of nitrogens with zero attached hydrogens (tertiary/aromatic N) is 1. The highest BCUT2D eigenvalue weighted by atomic mass is 16.6. The molecule has 1 aromatic rings. The molecule has 1 heterocycles. The third-order valence-electron chi connectivity index (χ3n) is 3.21. The van der Waals surface area contributed by atoms with Crippen molar-refractivity contribution in [3.63, 3.8) is 0 Å². The Morgan fingerprint density at radius 2 is 1.82 bits per heavy atom. The van der Waals surface area contributed by atoms with E-state index in [9.17, 15) is 4.79 Å². The number of aliphatic hydroxyl groups excluding tert-OH is 1. The lowest BCUT2D eigenvalue weighted by atomic mass is 10.1. The van der Waals surface area contributed by atoms with Gasteiger partial charge in [-0.1, -0.05) is 30.3 Å². The first-order valence-corrected chi connectivity index (χ1v) is 7.37. The molecule has 2 rings (SSSR count). The van der Waals surface area contributed by atoms with Gasteiger partial charge in [0.25, 0.3) is 0 Å². The zero-order valence-electron chi connectivity index (χ0n) is 14.3. The number of benzene rings is 1. The van der Waals surface area contributed by atoms with Gasteiger partial charge in [-0.25, -0.2) is 4.79 Å². The normalized spacial score (nSPS) is 20.1. The summed E-state index contributed by atoms with van der Waals surface area (Å²) in [5.41, 5.74) is -0.0902. The largest absolute Gasteiger partial charge is 0.444 e. The number of ether oxygens (including phenoxy) is 2. The van der Waals surface area contributed by atoms with E-state index < -0.39 is 11.3 Å². The van der Waals surface area contributed by atoms with Gasteiger partial charge in [0.1, 0.15) is 17.4 Å². The van der Waals surface area contributed by atoms with E-state index in [1.807, 2.05) is 65.0 Å². The molecule has 1 saturated heterocycles. The zero-order valence-corrected chi connectivity index (χ0v) is 14.3. The quantitative estimate of drug-likeness (QED) is 0.864. The lowest BCUT2D eigenvalue weighted by Crippen LogP contribution is -2.46. The molecule has 0 spiro atoms. The third-order valence-corrected chi connectivity index (χ3v) is 3.21. The van der Waals surface area contributed by atoms with Crippen molar-refractivity contribution in [3.05, 3.63) is 35.9 Å². The SMILES string of the molecule is CC(C)(C)OC(=O)N1CC(c2ccccc2)OC1(C)C.CO. The van der Waals surface area contributed by atoms with Gasteiger partial charge < -0.3 is 14.6 Å². The van der Waals surface area contributed by atoms with Crippen molar-refractivity contribution in [2.45, 2.75) is 52.0 Å². The van der Waals surface area contributed by atoms with Gasteiger partial charge >= 0.3 is 6.09 Å². The summed E-state index contributed by atoms with van der Waals surface area (Å²) in [6.07, 6.45) is -0.445. The number of carbonyl (C=O) groups excluding carboxylic acids is 1. The first-order chi connectivity index (χ1) is 10.2. The third kappa shape index (κ3) is 4.71. The van der Waals surface area contributed by atoms with Gasteiger partial charge in [-0.3, -0.25) is 4.90 Å². The average molecular weight is 309 g/mol. The van der Waals surface area contributed by atoms with E-state index in [1.165, 1.54) is 0 Å². The second-order valence-corrected chi connectivity index (χ2v) is 6.55. The Kier molecular flexibility index (Phi) is 5.97. The molecule has 22 heavy (non-hydrogen) atoms. The van der Waals surface area contributed by atoms with Gasteiger partial charge in [0.05, 0.1) is 6.54 Å². The van der Waals surface area contributed by atoms with Crippen molar-refractivity contribution in [2.75, 3.05) is 13.7 Å². The molecule has 0 aliphatic carbocycles. The maximum Gasteiger partial charge on any atom is 0.412 e. The van der Waals surface area contributed by atoms with Gasteiger partial charge in [-0.15, -0.1) is 0 Å². The maximum absolute atomic E-state index is 12.3. The first kappa shape index (κ1) is 18.5. The van der Waals surface area contributed by atoms with Gasteiger partial charge in [0, 0.05) is 7.11 Å². The molecule has 1 amide bonds. The Bertz CT molecular complexity index is 479. The molecule has 1 unspecified atom stereocenters. The summed E-state index contributed by atoms with van der Waals surface area (Å²) in [4.78, 5) is 13.9. The molecule has 1 aliphatic heterocycles. The van der Waals surface area contributed by atoms with Crippen molar-refractivity contribution in [1.29, 1.82) is 0 Å². The molecular formula is C17H27NO4. The minimum absolute atomic E-state index is 0.112. The molecule has 1 aliphatic rings. The molecule has 5 heteroatoms. The zero-order chi connectivity index (χ0) is 17.0. The molecule has 1 aromatic carbocycles. The summed E-state index contributed by atoms with van der Waals surface area (Å²) in [7, 11) is 1.00. The van der Waals surface area contributed by atoms with Crippen LogP contribution in [0, 0.1) is 0 Å². The van der Waals surface area contributed by atoms with Gasteiger partial charge in [-0.2, -0.15) is 0 Å². The molecule has 1 atom stereocenters. The van der Waals surface area contributed by atoms with Gasteiger partial charge in [0.2, 0.25) is 0 Å². The Balaban J connectivity index is 0.00000116.